The summed E-state index contributed by atoms with van der Waals surface area (Å²) in [6, 6.07) is 5.76. The standard InChI is InChI=1S/C13H17N3O2.C2H6/c1-18-8-13(17)15-5-4-9-7-16-12-3-2-10(14)6-11(9)12;1-2/h2-3,6-7,16H,4-5,8,14H2,1H3,(H,15,17);1-2H3. The fourth-order valence-electron chi connectivity index (χ4n) is 1.92. The summed E-state index contributed by atoms with van der Waals surface area (Å²) < 4.78 is 4.74. The van der Waals surface area contributed by atoms with Crippen molar-refractivity contribution in [2.45, 2.75) is 20.3 Å². The first-order valence-corrected chi connectivity index (χ1v) is 6.82. The van der Waals surface area contributed by atoms with Gasteiger partial charge in [0, 0.05) is 36.4 Å². The molecule has 0 saturated carbocycles. The molecule has 0 saturated heterocycles. The van der Waals surface area contributed by atoms with Crippen LogP contribution in [0.2, 0.25) is 0 Å². The zero-order valence-electron chi connectivity index (χ0n) is 12.3. The largest absolute Gasteiger partial charge is 0.399 e. The molecule has 0 aliphatic heterocycles. The van der Waals surface area contributed by atoms with Crippen LogP contribution in [0, 0.1) is 0 Å². The molecule has 0 aliphatic carbocycles. The van der Waals surface area contributed by atoms with Crippen LogP contribution >= 0.6 is 0 Å². The van der Waals surface area contributed by atoms with E-state index < -0.39 is 0 Å². The Hall–Kier alpha value is -2.01. The maximum atomic E-state index is 11.2. The van der Waals surface area contributed by atoms with Crippen LogP contribution in [0.5, 0.6) is 0 Å². The molecule has 4 N–H and O–H groups in total. The number of ether oxygens (including phenoxy) is 1. The van der Waals surface area contributed by atoms with E-state index in [2.05, 4.69) is 10.3 Å². The summed E-state index contributed by atoms with van der Waals surface area (Å²) in [5, 5.41) is 3.90. The van der Waals surface area contributed by atoms with Gasteiger partial charge in [0.25, 0.3) is 0 Å². The van der Waals surface area contributed by atoms with Gasteiger partial charge in [0.15, 0.2) is 0 Å². The number of nitrogens with two attached hydrogens (primary N) is 1. The fraction of sp³-hybridized carbons (Fsp3) is 0.400. The van der Waals surface area contributed by atoms with Gasteiger partial charge in [-0.1, -0.05) is 13.8 Å². The van der Waals surface area contributed by atoms with Gasteiger partial charge in [-0.05, 0) is 30.2 Å². The van der Waals surface area contributed by atoms with Crippen LogP contribution in [0.3, 0.4) is 0 Å². The van der Waals surface area contributed by atoms with Gasteiger partial charge in [0.05, 0.1) is 0 Å². The minimum Gasteiger partial charge on any atom is -0.399 e. The Kier molecular flexibility index (Phi) is 6.59. The van der Waals surface area contributed by atoms with E-state index >= 15 is 0 Å². The predicted octanol–water partition coefficient (Wildman–Crippen LogP) is 2.08. The van der Waals surface area contributed by atoms with Gasteiger partial charge < -0.3 is 20.8 Å². The van der Waals surface area contributed by atoms with Crippen LogP contribution in [-0.2, 0) is 16.0 Å². The zero-order valence-corrected chi connectivity index (χ0v) is 12.3. The maximum absolute atomic E-state index is 11.2. The Morgan fingerprint density at radius 3 is 2.85 bits per heavy atom. The van der Waals surface area contributed by atoms with Crippen molar-refractivity contribution >= 4 is 22.5 Å². The summed E-state index contributed by atoms with van der Waals surface area (Å²) in [7, 11) is 1.50. The van der Waals surface area contributed by atoms with E-state index in [1.165, 1.54) is 7.11 Å². The lowest BCUT2D eigenvalue weighted by Gasteiger charge is -2.04. The van der Waals surface area contributed by atoms with Crippen molar-refractivity contribution in [1.82, 2.24) is 10.3 Å². The van der Waals surface area contributed by atoms with E-state index in [0.717, 1.165) is 28.6 Å². The monoisotopic (exact) mass is 277 g/mol. The third-order valence-corrected chi connectivity index (χ3v) is 2.78. The van der Waals surface area contributed by atoms with Gasteiger partial charge in [-0.25, -0.2) is 0 Å². The molecule has 5 nitrogen and oxygen atoms in total. The zero-order chi connectivity index (χ0) is 15.0. The molecular formula is C15H23N3O2. The minimum atomic E-state index is -0.100. The molecule has 0 atom stereocenters. The molecule has 110 valence electrons. The average molecular weight is 277 g/mol. The van der Waals surface area contributed by atoms with Crippen LogP contribution in [0.1, 0.15) is 19.4 Å². The molecule has 2 rings (SSSR count). The topological polar surface area (TPSA) is 80.1 Å². The van der Waals surface area contributed by atoms with Crippen LogP contribution in [-0.4, -0.2) is 31.2 Å². The smallest absolute Gasteiger partial charge is 0.245 e. The Morgan fingerprint density at radius 1 is 1.40 bits per heavy atom. The molecule has 0 fully saturated rings. The Morgan fingerprint density at radius 2 is 2.15 bits per heavy atom. The van der Waals surface area contributed by atoms with Crippen LogP contribution in [0.15, 0.2) is 24.4 Å². The molecule has 0 bridgehead atoms. The molecule has 1 heterocycles. The van der Waals surface area contributed by atoms with Crippen LogP contribution < -0.4 is 11.1 Å². The summed E-state index contributed by atoms with van der Waals surface area (Å²) in [5.41, 5.74) is 8.72. The van der Waals surface area contributed by atoms with E-state index in [1.807, 2.05) is 38.2 Å². The molecule has 0 unspecified atom stereocenters. The van der Waals surface area contributed by atoms with E-state index in [9.17, 15) is 4.79 Å². The second kappa shape index (κ2) is 8.22. The van der Waals surface area contributed by atoms with E-state index in [1.54, 1.807) is 0 Å². The maximum Gasteiger partial charge on any atom is 0.245 e. The number of carbonyl (C=O) groups excluding carboxylic acids is 1. The van der Waals surface area contributed by atoms with Crippen molar-refractivity contribution in [2.75, 3.05) is 26.0 Å². The normalized spacial score (nSPS) is 9.95. The third-order valence-electron chi connectivity index (χ3n) is 2.78. The van der Waals surface area contributed by atoms with Gasteiger partial charge in [-0.3, -0.25) is 4.79 Å². The molecule has 1 aromatic carbocycles. The number of nitrogens with one attached hydrogen (secondary N) is 2. The van der Waals surface area contributed by atoms with Crippen molar-refractivity contribution < 1.29 is 9.53 Å². The molecule has 1 amide bonds. The SMILES string of the molecule is CC.COCC(=O)NCCc1c[nH]c2ccc(N)cc12. The van der Waals surface area contributed by atoms with E-state index in [4.69, 9.17) is 10.5 Å². The lowest BCUT2D eigenvalue weighted by Crippen LogP contribution is -2.28. The number of hydrogen-bond donors (Lipinski definition) is 3. The van der Waals surface area contributed by atoms with Gasteiger partial charge >= 0.3 is 0 Å². The highest BCUT2D eigenvalue weighted by Gasteiger charge is 2.05. The summed E-state index contributed by atoms with van der Waals surface area (Å²) >= 11 is 0. The molecule has 0 radical (unpaired) electrons. The number of methoxy groups -OCH3 is 1. The van der Waals surface area contributed by atoms with Crippen molar-refractivity contribution in [3.05, 3.63) is 30.0 Å². The number of rotatable bonds is 5. The number of anilines is 1. The molecule has 0 spiro atoms. The minimum absolute atomic E-state index is 0.0980. The number of amides is 1. The lowest BCUT2D eigenvalue weighted by molar-refractivity contribution is -0.124. The van der Waals surface area contributed by atoms with Gasteiger partial charge in [-0.15, -0.1) is 0 Å². The van der Waals surface area contributed by atoms with E-state index in [-0.39, 0.29) is 12.5 Å². The second-order valence-electron chi connectivity index (χ2n) is 4.15. The first-order chi connectivity index (χ1) is 9.70. The quantitative estimate of drug-likeness (QED) is 0.732. The number of fused-ring (bicyclic) bond motifs is 1. The lowest BCUT2D eigenvalue weighted by atomic mass is 10.1. The summed E-state index contributed by atoms with van der Waals surface area (Å²) in [5.74, 6) is -0.100. The number of H-pyrrole nitrogens is 1. The number of aromatic nitrogens is 1. The molecule has 5 heteroatoms. The number of benzene rings is 1. The summed E-state index contributed by atoms with van der Waals surface area (Å²) in [6.45, 7) is 4.69. The van der Waals surface area contributed by atoms with Crippen LogP contribution in [0.4, 0.5) is 5.69 Å². The van der Waals surface area contributed by atoms with Gasteiger partial charge in [0.2, 0.25) is 5.91 Å². The molecule has 1 aromatic heterocycles. The van der Waals surface area contributed by atoms with E-state index in [0.29, 0.717) is 6.54 Å². The van der Waals surface area contributed by atoms with Crippen LogP contribution in [0.25, 0.3) is 10.9 Å². The first-order valence-electron chi connectivity index (χ1n) is 6.82. The van der Waals surface area contributed by atoms with Gasteiger partial charge in [0.1, 0.15) is 6.61 Å². The molecule has 20 heavy (non-hydrogen) atoms. The summed E-state index contributed by atoms with van der Waals surface area (Å²) in [6.07, 6.45) is 2.71. The Labute approximate surface area is 119 Å². The van der Waals surface area contributed by atoms with Crippen molar-refractivity contribution in [3.63, 3.8) is 0 Å². The van der Waals surface area contributed by atoms with Crippen molar-refractivity contribution in [1.29, 1.82) is 0 Å². The highest BCUT2D eigenvalue weighted by Crippen LogP contribution is 2.20. The molecule has 0 aliphatic rings. The van der Waals surface area contributed by atoms with Gasteiger partial charge in [-0.2, -0.15) is 0 Å². The second-order valence-corrected chi connectivity index (χ2v) is 4.15. The van der Waals surface area contributed by atoms with Crippen molar-refractivity contribution in [3.8, 4) is 0 Å². The number of nitrogen functional groups attached to an aromatic ring is 1. The molecular weight excluding hydrogens is 254 g/mol. The Balaban J connectivity index is 0.000000956. The first kappa shape index (κ1) is 16.0. The number of hydrogen-bond acceptors (Lipinski definition) is 3. The summed E-state index contributed by atoms with van der Waals surface area (Å²) in [4.78, 5) is 14.4. The predicted molar refractivity (Wildman–Crippen MR) is 82.6 cm³/mol. The highest BCUT2D eigenvalue weighted by molar-refractivity contribution is 5.86. The Bertz CT molecular complexity index is 549. The fourth-order valence-corrected chi connectivity index (χ4v) is 1.92. The number of carbonyl (C=O) groups is 1. The third kappa shape index (κ3) is 4.28. The number of aromatic amines is 1. The highest BCUT2D eigenvalue weighted by atomic mass is 16.5. The molecule has 2 aromatic rings. The average Bonchev–Trinajstić information content (AvgIpc) is 2.84. The van der Waals surface area contributed by atoms with Crippen molar-refractivity contribution in [2.24, 2.45) is 0 Å².